The van der Waals surface area contributed by atoms with Crippen LogP contribution >= 0.6 is 22.9 Å². The molecule has 0 saturated heterocycles. The van der Waals surface area contributed by atoms with Gasteiger partial charge >= 0.3 is 0 Å². The molecule has 3 aromatic heterocycles. The molecule has 7 nitrogen and oxygen atoms in total. The first-order chi connectivity index (χ1) is 10.3. The summed E-state index contributed by atoms with van der Waals surface area (Å²) in [5, 5.41) is 18.3. The highest BCUT2D eigenvalue weighted by Gasteiger charge is 2.24. The minimum atomic E-state index is 0.227. The lowest BCUT2D eigenvalue weighted by Gasteiger charge is -2.06. The highest BCUT2D eigenvalue weighted by atomic mass is 35.5. The van der Waals surface area contributed by atoms with E-state index in [1.165, 1.54) is 11.3 Å². The maximum atomic E-state index is 5.93. The van der Waals surface area contributed by atoms with Crippen LogP contribution in [0.3, 0.4) is 0 Å². The summed E-state index contributed by atoms with van der Waals surface area (Å²) in [6.07, 6.45) is 2.62. The number of nitrogens with zero attached hydrogens (tertiary/aromatic N) is 6. The zero-order chi connectivity index (χ0) is 14.2. The van der Waals surface area contributed by atoms with Crippen LogP contribution in [0.1, 0.15) is 30.5 Å². The first kappa shape index (κ1) is 12.9. The average Bonchev–Trinajstić information content (AvgIpc) is 3.19. The minimum Gasteiger partial charge on any atom is -0.339 e. The van der Waals surface area contributed by atoms with Crippen molar-refractivity contribution in [3.8, 4) is 10.7 Å². The molecule has 3 aromatic rings. The Morgan fingerprint density at radius 1 is 1.38 bits per heavy atom. The lowest BCUT2D eigenvalue weighted by atomic mass is 10.0. The number of fused-ring (bicyclic) bond motifs is 1. The van der Waals surface area contributed by atoms with Crippen LogP contribution in [0.2, 0.25) is 5.02 Å². The summed E-state index contributed by atoms with van der Waals surface area (Å²) in [4.78, 5) is 5.43. The fourth-order valence-electron chi connectivity index (χ4n) is 2.48. The molecule has 0 bridgehead atoms. The fraction of sp³-hybridized carbons (Fsp3) is 0.417. The molecule has 1 aliphatic heterocycles. The quantitative estimate of drug-likeness (QED) is 0.721. The molecular weight excluding hydrogens is 312 g/mol. The lowest BCUT2D eigenvalue weighted by Crippen LogP contribution is -2.04. The Bertz CT molecular complexity index is 743. The second kappa shape index (κ2) is 5.19. The predicted octanol–water partition coefficient (Wildman–Crippen LogP) is 2.56. The number of thiophene rings is 1. The fourth-order valence-corrected chi connectivity index (χ4v) is 3.48. The van der Waals surface area contributed by atoms with Crippen molar-refractivity contribution in [2.75, 3.05) is 0 Å². The maximum absolute atomic E-state index is 5.93. The van der Waals surface area contributed by atoms with Gasteiger partial charge in [0.2, 0.25) is 11.7 Å². The Morgan fingerprint density at radius 2 is 2.33 bits per heavy atom. The van der Waals surface area contributed by atoms with Crippen molar-refractivity contribution in [1.29, 1.82) is 0 Å². The number of tetrazole rings is 1. The van der Waals surface area contributed by atoms with E-state index in [2.05, 4.69) is 25.7 Å². The number of halogens is 1. The molecule has 0 radical (unpaired) electrons. The largest absolute Gasteiger partial charge is 0.339 e. The zero-order valence-corrected chi connectivity index (χ0v) is 12.5. The highest BCUT2D eigenvalue weighted by Crippen LogP contribution is 2.31. The minimum absolute atomic E-state index is 0.227. The highest BCUT2D eigenvalue weighted by molar-refractivity contribution is 7.14. The van der Waals surface area contributed by atoms with Gasteiger partial charge in [-0.2, -0.15) is 4.98 Å². The molecule has 9 heteroatoms. The Hall–Kier alpha value is -1.80. The lowest BCUT2D eigenvalue weighted by molar-refractivity contribution is 0.337. The monoisotopic (exact) mass is 322 g/mol. The topological polar surface area (TPSA) is 82.5 Å². The van der Waals surface area contributed by atoms with Crippen LogP contribution in [-0.2, 0) is 13.0 Å². The Balaban J connectivity index is 1.55. The van der Waals surface area contributed by atoms with Crippen molar-refractivity contribution in [3.05, 3.63) is 28.2 Å². The number of rotatable bonds is 2. The molecule has 4 heterocycles. The van der Waals surface area contributed by atoms with E-state index in [1.54, 1.807) is 0 Å². The Labute approximate surface area is 128 Å². The first-order valence-corrected chi connectivity index (χ1v) is 7.88. The smallest absolute Gasteiger partial charge is 0.230 e. The van der Waals surface area contributed by atoms with E-state index in [4.69, 9.17) is 16.1 Å². The summed E-state index contributed by atoms with van der Waals surface area (Å²) in [6.45, 7) is 0.773. The van der Waals surface area contributed by atoms with E-state index < -0.39 is 0 Å². The van der Waals surface area contributed by atoms with Gasteiger partial charge < -0.3 is 4.52 Å². The van der Waals surface area contributed by atoms with Gasteiger partial charge in [-0.3, -0.25) is 0 Å². The number of hydrogen-bond acceptors (Lipinski definition) is 7. The van der Waals surface area contributed by atoms with Crippen LogP contribution in [0.25, 0.3) is 10.7 Å². The van der Waals surface area contributed by atoms with E-state index in [0.29, 0.717) is 16.7 Å². The summed E-state index contributed by atoms with van der Waals surface area (Å²) >= 11 is 7.44. The van der Waals surface area contributed by atoms with Crippen LogP contribution < -0.4 is 0 Å². The van der Waals surface area contributed by atoms with Gasteiger partial charge in [-0.05, 0) is 29.3 Å². The van der Waals surface area contributed by atoms with Crippen LogP contribution in [0.4, 0.5) is 0 Å². The second-order valence-electron chi connectivity index (χ2n) is 4.93. The number of aryl methyl sites for hydroxylation is 2. The van der Waals surface area contributed by atoms with Gasteiger partial charge in [-0.1, -0.05) is 16.8 Å². The third-order valence-electron chi connectivity index (χ3n) is 3.59. The van der Waals surface area contributed by atoms with Crippen molar-refractivity contribution in [3.63, 3.8) is 0 Å². The van der Waals surface area contributed by atoms with E-state index in [-0.39, 0.29) is 5.92 Å². The SMILES string of the molecule is Clc1csc(-c2noc(C3CCc4nnnn4CC3)n2)c1. The third kappa shape index (κ3) is 2.44. The first-order valence-electron chi connectivity index (χ1n) is 6.62. The molecule has 21 heavy (non-hydrogen) atoms. The maximum Gasteiger partial charge on any atom is 0.230 e. The van der Waals surface area contributed by atoms with Crippen molar-refractivity contribution >= 4 is 22.9 Å². The van der Waals surface area contributed by atoms with Crippen LogP contribution in [-0.4, -0.2) is 30.3 Å². The van der Waals surface area contributed by atoms with Gasteiger partial charge in [0.1, 0.15) is 0 Å². The summed E-state index contributed by atoms with van der Waals surface area (Å²) in [6, 6.07) is 1.85. The van der Waals surface area contributed by atoms with Crippen LogP contribution in [0.15, 0.2) is 16.0 Å². The average molecular weight is 323 g/mol. The third-order valence-corrected chi connectivity index (χ3v) is 4.86. The van der Waals surface area contributed by atoms with Gasteiger partial charge in [-0.15, -0.1) is 16.4 Å². The molecular formula is C12H11ClN6OS. The van der Waals surface area contributed by atoms with Gasteiger partial charge in [-0.25, -0.2) is 4.68 Å². The molecule has 0 amide bonds. The molecule has 0 saturated carbocycles. The molecule has 0 N–H and O–H groups in total. The summed E-state index contributed by atoms with van der Waals surface area (Å²) in [5.74, 6) is 2.42. The second-order valence-corrected chi connectivity index (χ2v) is 6.28. The summed E-state index contributed by atoms with van der Waals surface area (Å²) in [5.41, 5.74) is 0. The predicted molar refractivity (Wildman–Crippen MR) is 76.1 cm³/mol. The van der Waals surface area contributed by atoms with Crippen molar-refractivity contribution in [2.24, 2.45) is 0 Å². The molecule has 1 aliphatic rings. The normalized spacial score (nSPS) is 18.4. The molecule has 4 rings (SSSR count). The van der Waals surface area contributed by atoms with Crippen molar-refractivity contribution < 1.29 is 4.52 Å². The Morgan fingerprint density at radius 3 is 3.19 bits per heavy atom. The van der Waals surface area contributed by atoms with Gasteiger partial charge in [0.15, 0.2) is 5.82 Å². The standard InChI is InChI=1S/C12H11ClN6OS/c13-8-5-9(21-6-8)11-14-12(20-16-11)7-1-2-10-15-17-18-19(10)4-3-7/h5-7H,1-4H2. The summed E-state index contributed by atoms with van der Waals surface area (Å²) < 4.78 is 7.28. The van der Waals surface area contributed by atoms with E-state index in [0.717, 1.165) is 36.5 Å². The van der Waals surface area contributed by atoms with E-state index >= 15 is 0 Å². The van der Waals surface area contributed by atoms with E-state index in [1.807, 2.05) is 16.1 Å². The van der Waals surface area contributed by atoms with E-state index in [9.17, 15) is 0 Å². The molecule has 1 atom stereocenters. The van der Waals surface area contributed by atoms with Crippen LogP contribution in [0.5, 0.6) is 0 Å². The van der Waals surface area contributed by atoms with Gasteiger partial charge in [0, 0.05) is 24.3 Å². The van der Waals surface area contributed by atoms with Crippen LogP contribution in [0, 0.1) is 0 Å². The molecule has 0 aromatic carbocycles. The Kier molecular flexibility index (Phi) is 3.19. The molecule has 0 aliphatic carbocycles. The van der Waals surface area contributed by atoms with Gasteiger partial charge in [0.25, 0.3) is 0 Å². The molecule has 108 valence electrons. The van der Waals surface area contributed by atoms with Crippen molar-refractivity contribution in [1.82, 2.24) is 30.3 Å². The number of hydrogen-bond donors (Lipinski definition) is 0. The van der Waals surface area contributed by atoms with Gasteiger partial charge in [0.05, 0.1) is 9.90 Å². The summed E-state index contributed by atoms with van der Waals surface area (Å²) in [7, 11) is 0. The zero-order valence-electron chi connectivity index (χ0n) is 10.9. The molecule has 0 fully saturated rings. The van der Waals surface area contributed by atoms with Crippen molar-refractivity contribution in [2.45, 2.75) is 31.7 Å². The molecule has 0 spiro atoms. The molecule has 1 unspecified atom stereocenters. The number of aromatic nitrogens is 6.